The second kappa shape index (κ2) is 3.38. The van der Waals surface area contributed by atoms with E-state index >= 15 is 0 Å². The molecule has 0 bridgehead atoms. The number of hydrogen-bond acceptors (Lipinski definition) is 2. The minimum absolute atomic E-state index is 0.0985. The molecule has 1 N–H and O–H groups in total. The Morgan fingerprint density at radius 1 is 1.33 bits per heavy atom. The number of fused-ring (bicyclic) bond motifs is 1. The Kier molecular flexibility index (Phi) is 2.19. The molecular weight excluding hydrogens is 192 g/mol. The van der Waals surface area contributed by atoms with Crippen molar-refractivity contribution < 1.29 is 4.79 Å². The summed E-state index contributed by atoms with van der Waals surface area (Å²) >= 11 is 0. The van der Waals surface area contributed by atoms with E-state index in [1.54, 1.807) is 0 Å². The van der Waals surface area contributed by atoms with Gasteiger partial charge in [-0.05, 0) is 37.1 Å². The molecule has 2 rings (SSSR count). The van der Waals surface area contributed by atoms with Crippen LogP contribution in [0.15, 0.2) is 16.9 Å². The Morgan fingerprint density at radius 3 is 2.67 bits per heavy atom. The molecule has 4 nitrogen and oxygen atoms in total. The fraction of sp³-hybridized carbons (Fsp3) is 0.273. The van der Waals surface area contributed by atoms with Gasteiger partial charge in [-0.3, -0.25) is 4.57 Å². The fourth-order valence-electron chi connectivity index (χ4n) is 1.67. The van der Waals surface area contributed by atoms with Crippen molar-refractivity contribution in [2.24, 2.45) is 0 Å². The first-order valence-corrected chi connectivity index (χ1v) is 4.77. The third kappa shape index (κ3) is 1.48. The molecule has 78 valence electrons. The number of rotatable bonds is 2. The van der Waals surface area contributed by atoms with Gasteiger partial charge < -0.3 is 9.78 Å². The highest BCUT2D eigenvalue weighted by Crippen LogP contribution is 2.16. The Labute approximate surface area is 86.5 Å². The number of imidazole rings is 1. The lowest BCUT2D eigenvalue weighted by molar-refractivity contribution is -0.108. The van der Waals surface area contributed by atoms with E-state index in [4.69, 9.17) is 0 Å². The van der Waals surface area contributed by atoms with Gasteiger partial charge in [0, 0.05) is 0 Å². The number of hydrogen-bond donors (Lipinski definition) is 1. The summed E-state index contributed by atoms with van der Waals surface area (Å²) in [5, 5.41) is 0. The summed E-state index contributed by atoms with van der Waals surface area (Å²) in [4.78, 5) is 24.7. The van der Waals surface area contributed by atoms with Crippen molar-refractivity contribution in [1.29, 1.82) is 0 Å². The number of nitrogens with zero attached hydrogens (tertiary/aromatic N) is 1. The van der Waals surface area contributed by atoms with Crippen molar-refractivity contribution in [3.63, 3.8) is 0 Å². The second-order valence-electron chi connectivity index (χ2n) is 3.66. The van der Waals surface area contributed by atoms with Crippen molar-refractivity contribution >= 4 is 17.3 Å². The highest BCUT2D eigenvalue weighted by atomic mass is 16.1. The molecule has 0 atom stereocenters. The van der Waals surface area contributed by atoms with Gasteiger partial charge in [0.15, 0.2) is 0 Å². The van der Waals surface area contributed by atoms with Crippen molar-refractivity contribution in [3.05, 3.63) is 33.7 Å². The van der Waals surface area contributed by atoms with E-state index in [1.165, 1.54) is 4.57 Å². The molecule has 0 saturated carbocycles. The van der Waals surface area contributed by atoms with Gasteiger partial charge in [-0.2, -0.15) is 0 Å². The van der Waals surface area contributed by atoms with Crippen LogP contribution in [0.2, 0.25) is 0 Å². The molecule has 0 spiro atoms. The van der Waals surface area contributed by atoms with Gasteiger partial charge in [0.2, 0.25) is 0 Å². The summed E-state index contributed by atoms with van der Waals surface area (Å²) in [6.07, 6.45) is 0.726. The quantitative estimate of drug-likeness (QED) is 0.746. The van der Waals surface area contributed by atoms with Gasteiger partial charge in [-0.15, -0.1) is 0 Å². The average Bonchev–Trinajstić information content (AvgIpc) is 2.46. The molecule has 0 aliphatic rings. The molecule has 15 heavy (non-hydrogen) atoms. The number of H-pyrrole nitrogens is 1. The third-order valence-corrected chi connectivity index (χ3v) is 2.65. The van der Waals surface area contributed by atoms with Gasteiger partial charge >= 0.3 is 5.69 Å². The molecule has 0 amide bonds. The van der Waals surface area contributed by atoms with E-state index in [-0.39, 0.29) is 12.2 Å². The van der Waals surface area contributed by atoms with E-state index in [0.717, 1.165) is 28.4 Å². The summed E-state index contributed by atoms with van der Waals surface area (Å²) in [5.74, 6) is 0. The maximum absolute atomic E-state index is 11.5. The Balaban J connectivity index is 2.81. The lowest BCUT2D eigenvalue weighted by Gasteiger charge is -2.01. The van der Waals surface area contributed by atoms with Gasteiger partial charge in [-0.25, -0.2) is 4.79 Å². The minimum Gasteiger partial charge on any atom is -0.306 e. The first kappa shape index (κ1) is 9.71. The highest BCUT2D eigenvalue weighted by Gasteiger charge is 2.07. The third-order valence-electron chi connectivity index (χ3n) is 2.65. The molecule has 4 heteroatoms. The first-order chi connectivity index (χ1) is 7.13. The first-order valence-electron chi connectivity index (χ1n) is 4.77. The van der Waals surface area contributed by atoms with Crippen molar-refractivity contribution in [3.8, 4) is 0 Å². The topological polar surface area (TPSA) is 54.9 Å². The van der Waals surface area contributed by atoms with E-state index in [2.05, 4.69) is 4.98 Å². The van der Waals surface area contributed by atoms with E-state index in [1.807, 2.05) is 26.0 Å². The lowest BCUT2D eigenvalue weighted by Crippen LogP contribution is -2.17. The summed E-state index contributed by atoms with van der Waals surface area (Å²) in [6.45, 7) is 4.07. The zero-order valence-corrected chi connectivity index (χ0v) is 8.70. The summed E-state index contributed by atoms with van der Waals surface area (Å²) in [5.41, 5.74) is 3.57. The standard InChI is InChI=1S/C11H12N2O2/c1-7-5-9-10(6-8(7)2)13(3-4-14)11(15)12-9/h4-6H,3H2,1-2H3,(H,12,15). The molecule has 0 radical (unpaired) electrons. The van der Waals surface area contributed by atoms with Crippen molar-refractivity contribution in [2.45, 2.75) is 20.4 Å². The largest absolute Gasteiger partial charge is 0.326 e. The molecule has 1 aromatic carbocycles. The highest BCUT2D eigenvalue weighted by molar-refractivity contribution is 5.78. The predicted octanol–water partition coefficient (Wildman–Crippen LogP) is 1.15. The number of aromatic nitrogens is 2. The lowest BCUT2D eigenvalue weighted by atomic mass is 10.1. The molecular formula is C11H12N2O2. The van der Waals surface area contributed by atoms with E-state index in [9.17, 15) is 9.59 Å². The Bertz CT molecular complexity index is 578. The second-order valence-corrected chi connectivity index (χ2v) is 3.66. The van der Waals surface area contributed by atoms with Crippen LogP contribution in [0.25, 0.3) is 11.0 Å². The van der Waals surface area contributed by atoms with Crippen LogP contribution in [-0.4, -0.2) is 15.8 Å². The molecule has 0 unspecified atom stereocenters. The number of benzene rings is 1. The summed E-state index contributed by atoms with van der Waals surface area (Å²) < 4.78 is 1.44. The summed E-state index contributed by atoms with van der Waals surface area (Å²) in [7, 11) is 0. The van der Waals surface area contributed by atoms with Crippen LogP contribution in [0.1, 0.15) is 11.1 Å². The van der Waals surface area contributed by atoms with Crippen LogP contribution in [0.3, 0.4) is 0 Å². The number of aldehydes is 1. The van der Waals surface area contributed by atoms with Crippen molar-refractivity contribution in [1.82, 2.24) is 9.55 Å². The molecule has 1 heterocycles. The van der Waals surface area contributed by atoms with Crippen LogP contribution < -0.4 is 5.69 Å². The number of aromatic amines is 1. The molecule has 2 aromatic rings. The molecule has 0 saturated heterocycles. The summed E-state index contributed by atoms with van der Waals surface area (Å²) in [6, 6.07) is 3.85. The number of carbonyl (C=O) groups excluding carboxylic acids is 1. The van der Waals surface area contributed by atoms with Crippen molar-refractivity contribution in [2.75, 3.05) is 0 Å². The zero-order chi connectivity index (χ0) is 11.0. The van der Waals surface area contributed by atoms with Crippen LogP contribution in [0.4, 0.5) is 0 Å². The molecule has 0 fully saturated rings. The number of nitrogens with one attached hydrogen (secondary N) is 1. The minimum atomic E-state index is -0.234. The number of carbonyl (C=O) groups is 1. The van der Waals surface area contributed by atoms with Gasteiger partial charge in [0.1, 0.15) is 6.29 Å². The van der Waals surface area contributed by atoms with Crippen LogP contribution in [0, 0.1) is 13.8 Å². The monoisotopic (exact) mass is 204 g/mol. The molecule has 0 aliphatic carbocycles. The van der Waals surface area contributed by atoms with Gasteiger partial charge in [0.05, 0.1) is 17.6 Å². The van der Waals surface area contributed by atoms with Crippen LogP contribution >= 0.6 is 0 Å². The van der Waals surface area contributed by atoms with Gasteiger partial charge in [-0.1, -0.05) is 0 Å². The number of aryl methyl sites for hydroxylation is 2. The van der Waals surface area contributed by atoms with Crippen LogP contribution in [-0.2, 0) is 11.3 Å². The van der Waals surface area contributed by atoms with E-state index in [0.29, 0.717) is 0 Å². The smallest absolute Gasteiger partial charge is 0.306 e. The van der Waals surface area contributed by atoms with Crippen LogP contribution in [0.5, 0.6) is 0 Å². The predicted molar refractivity (Wildman–Crippen MR) is 58.1 cm³/mol. The van der Waals surface area contributed by atoms with Gasteiger partial charge in [0.25, 0.3) is 0 Å². The molecule has 1 aromatic heterocycles. The SMILES string of the molecule is Cc1cc2[nH]c(=O)n(CC=O)c2cc1C. The Hall–Kier alpha value is -1.84. The average molecular weight is 204 g/mol. The Morgan fingerprint density at radius 2 is 2.00 bits per heavy atom. The zero-order valence-electron chi connectivity index (χ0n) is 8.70. The molecule has 0 aliphatic heterocycles. The fourth-order valence-corrected chi connectivity index (χ4v) is 1.67. The maximum atomic E-state index is 11.5. The normalized spacial score (nSPS) is 10.8. The maximum Gasteiger partial charge on any atom is 0.326 e. The van der Waals surface area contributed by atoms with E-state index < -0.39 is 0 Å².